The highest BCUT2D eigenvalue weighted by atomic mass is 17.0. The van der Waals surface area contributed by atoms with Crippen molar-refractivity contribution in [3.63, 3.8) is 0 Å². The number of β-amino-alcohol motifs (C(OH)–C–C–N with tert-alkyl or cyclic N) is 1. The molecule has 1 amide bonds. The van der Waals surface area contributed by atoms with Crippen LogP contribution in [0.3, 0.4) is 0 Å². The lowest BCUT2D eigenvalue weighted by Gasteiger charge is -2.30. The standard InChI is InChI=1S/C14H17NO6/c16-10-2-1-5-15(8-10)13(17)7-9-3-4-11-12(6-9)21-14(18,19)20-11/h3-4,6,10,16,18-19H,1-2,5,7-8H2. The molecule has 0 spiro atoms. The molecule has 2 aliphatic heterocycles. The third kappa shape index (κ3) is 3.10. The number of piperidine rings is 1. The Labute approximate surface area is 121 Å². The molecule has 0 radical (unpaired) electrons. The SMILES string of the molecule is O=C(Cc1ccc2c(c1)OC(O)(O)O2)N1CCCC(O)C1. The third-order valence-corrected chi connectivity index (χ3v) is 3.60. The van der Waals surface area contributed by atoms with E-state index < -0.39 is 12.3 Å². The Morgan fingerprint density at radius 2 is 2.10 bits per heavy atom. The number of aliphatic hydroxyl groups excluding tert-OH is 1. The summed E-state index contributed by atoms with van der Waals surface area (Å²) in [7, 11) is 0. The zero-order valence-corrected chi connectivity index (χ0v) is 11.4. The molecule has 1 aromatic carbocycles. The van der Waals surface area contributed by atoms with Gasteiger partial charge in [-0.05, 0) is 30.5 Å². The predicted octanol–water partition coefficient (Wildman–Crippen LogP) is -0.421. The second-order valence-electron chi connectivity index (χ2n) is 5.35. The summed E-state index contributed by atoms with van der Waals surface area (Å²) in [6, 6.07) is 4.74. The van der Waals surface area contributed by atoms with E-state index in [2.05, 4.69) is 0 Å². The number of amides is 1. The fraction of sp³-hybridized carbons (Fsp3) is 0.500. The first kappa shape index (κ1) is 14.1. The van der Waals surface area contributed by atoms with Gasteiger partial charge in [-0.3, -0.25) is 15.0 Å². The Kier molecular flexibility index (Phi) is 3.48. The summed E-state index contributed by atoms with van der Waals surface area (Å²) >= 11 is 0. The number of ether oxygens (including phenoxy) is 2. The molecule has 0 aromatic heterocycles. The van der Waals surface area contributed by atoms with Crippen molar-refractivity contribution in [3.8, 4) is 11.5 Å². The number of likely N-dealkylation sites (tertiary alicyclic amines) is 1. The van der Waals surface area contributed by atoms with Crippen LogP contribution in [0.5, 0.6) is 11.5 Å². The number of carbonyl (C=O) groups is 1. The minimum Gasteiger partial charge on any atom is -0.403 e. The van der Waals surface area contributed by atoms with Gasteiger partial charge in [0.25, 0.3) is 0 Å². The van der Waals surface area contributed by atoms with E-state index in [9.17, 15) is 20.1 Å². The van der Waals surface area contributed by atoms with Crippen LogP contribution in [0.15, 0.2) is 18.2 Å². The lowest BCUT2D eigenvalue weighted by Crippen LogP contribution is -2.42. The summed E-state index contributed by atoms with van der Waals surface area (Å²) in [6.07, 6.45) is -1.42. The van der Waals surface area contributed by atoms with Gasteiger partial charge in [-0.2, -0.15) is 0 Å². The van der Waals surface area contributed by atoms with Crippen LogP contribution in [-0.4, -0.2) is 51.5 Å². The molecule has 1 unspecified atom stereocenters. The average Bonchev–Trinajstić information content (AvgIpc) is 2.72. The van der Waals surface area contributed by atoms with Crippen LogP contribution in [0.1, 0.15) is 18.4 Å². The Morgan fingerprint density at radius 1 is 1.33 bits per heavy atom. The molecule has 0 aliphatic carbocycles. The number of aliphatic hydroxyl groups is 3. The van der Waals surface area contributed by atoms with Gasteiger partial charge in [0.15, 0.2) is 11.5 Å². The maximum atomic E-state index is 12.2. The van der Waals surface area contributed by atoms with E-state index in [1.54, 1.807) is 17.0 Å². The quantitative estimate of drug-likeness (QED) is 0.641. The zero-order chi connectivity index (χ0) is 15.0. The van der Waals surface area contributed by atoms with Crippen LogP contribution in [-0.2, 0) is 11.2 Å². The number of fused-ring (bicyclic) bond motifs is 1. The van der Waals surface area contributed by atoms with Crippen LogP contribution in [0.2, 0.25) is 0 Å². The maximum Gasteiger partial charge on any atom is 0.505 e. The van der Waals surface area contributed by atoms with E-state index in [-0.39, 0.29) is 23.8 Å². The molecule has 7 nitrogen and oxygen atoms in total. The molecule has 1 saturated heterocycles. The molecular weight excluding hydrogens is 278 g/mol. The number of carbonyl (C=O) groups excluding carboxylic acids is 1. The Hall–Kier alpha value is -1.83. The van der Waals surface area contributed by atoms with Gasteiger partial charge in [-0.25, -0.2) is 0 Å². The van der Waals surface area contributed by atoms with E-state index in [1.807, 2.05) is 0 Å². The molecule has 21 heavy (non-hydrogen) atoms. The smallest absolute Gasteiger partial charge is 0.403 e. The fourth-order valence-corrected chi connectivity index (χ4v) is 2.60. The second-order valence-corrected chi connectivity index (χ2v) is 5.35. The topological polar surface area (TPSA) is 99.5 Å². The van der Waals surface area contributed by atoms with Gasteiger partial charge in [0.2, 0.25) is 5.91 Å². The largest absolute Gasteiger partial charge is 0.505 e. The van der Waals surface area contributed by atoms with Gasteiger partial charge >= 0.3 is 6.16 Å². The summed E-state index contributed by atoms with van der Waals surface area (Å²) in [5, 5.41) is 28.1. The van der Waals surface area contributed by atoms with Crippen LogP contribution in [0.25, 0.3) is 0 Å². The van der Waals surface area contributed by atoms with Crippen LogP contribution < -0.4 is 9.47 Å². The molecule has 0 bridgehead atoms. The second kappa shape index (κ2) is 5.18. The lowest BCUT2D eigenvalue weighted by molar-refractivity contribution is -0.385. The number of hydrogen-bond acceptors (Lipinski definition) is 6. The number of nitrogens with zero attached hydrogens (tertiary/aromatic N) is 1. The number of hydrogen-bond donors (Lipinski definition) is 3. The Bertz CT molecular complexity index is 558. The highest BCUT2D eigenvalue weighted by Gasteiger charge is 2.38. The summed E-state index contributed by atoms with van der Waals surface area (Å²) in [4.78, 5) is 13.8. The summed E-state index contributed by atoms with van der Waals surface area (Å²) in [5.41, 5.74) is 0.681. The summed E-state index contributed by atoms with van der Waals surface area (Å²) in [6.45, 7) is 1.01. The zero-order valence-electron chi connectivity index (χ0n) is 11.4. The van der Waals surface area contributed by atoms with Gasteiger partial charge in [-0.15, -0.1) is 0 Å². The molecule has 1 fully saturated rings. The highest BCUT2D eigenvalue weighted by molar-refractivity contribution is 5.79. The van der Waals surface area contributed by atoms with Gasteiger partial charge in [0.1, 0.15) is 0 Å². The molecule has 1 atom stereocenters. The van der Waals surface area contributed by atoms with Crippen molar-refractivity contribution in [2.75, 3.05) is 13.1 Å². The van der Waals surface area contributed by atoms with Crippen LogP contribution in [0, 0.1) is 0 Å². The van der Waals surface area contributed by atoms with Crippen molar-refractivity contribution < 1.29 is 29.6 Å². The van der Waals surface area contributed by atoms with E-state index in [0.717, 1.165) is 12.8 Å². The summed E-state index contributed by atoms with van der Waals surface area (Å²) in [5.74, 6) is 0.320. The Morgan fingerprint density at radius 3 is 2.86 bits per heavy atom. The monoisotopic (exact) mass is 295 g/mol. The van der Waals surface area contributed by atoms with Gasteiger partial charge in [0.05, 0.1) is 12.5 Å². The summed E-state index contributed by atoms with van der Waals surface area (Å²) < 4.78 is 9.55. The molecule has 114 valence electrons. The minimum absolute atomic E-state index is 0.0770. The van der Waals surface area contributed by atoms with E-state index in [1.165, 1.54) is 6.07 Å². The van der Waals surface area contributed by atoms with E-state index >= 15 is 0 Å². The molecular formula is C14H17NO6. The van der Waals surface area contributed by atoms with Crippen molar-refractivity contribution in [2.24, 2.45) is 0 Å². The molecule has 3 N–H and O–H groups in total. The van der Waals surface area contributed by atoms with Gasteiger partial charge < -0.3 is 19.5 Å². The molecule has 7 heteroatoms. The van der Waals surface area contributed by atoms with Gasteiger partial charge in [-0.1, -0.05) is 6.07 Å². The molecule has 2 aliphatic rings. The predicted molar refractivity (Wildman–Crippen MR) is 70.4 cm³/mol. The van der Waals surface area contributed by atoms with Crippen molar-refractivity contribution in [1.82, 2.24) is 4.90 Å². The molecule has 1 aromatic rings. The molecule has 3 rings (SSSR count). The number of rotatable bonds is 2. The van der Waals surface area contributed by atoms with Gasteiger partial charge in [0, 0.05) is 13.1 Å². The molecule has 2 heterocycles. The van der Waals surface area contributed by atoms with Crippen molar-refractivity contribution in [1.29, 1.82) is 0 Å². The van der Waals surface area contributed by atoms with Crippen molar-refractivity contribution >= 4 is 5.91 Å². The fourth-order valence-electron chi connectivity index (χ4n) is 2.60. The van der Waals surface area contributed by atoms with Crippen LogP contribution in [0.4, 0.5) is 0 Å². The first-order valence-corrected chi connectivity index (χ1v) is 6.84. The minimum atomic E-state index is -2.65. The maximum absolute atomic E-state index is 12.2. The first-order valence-electron chi connectivity index (χ1n) is 6.84. The average molecular weight is 295 g/mol. The Balaban J connectivity index is 1.67. The van der Waals surface area contributed by atoms with Crippen molar-refractivity contribution in [2.45, 2.75) is 31.5 Å². The number of benzene rings is 1. The normalized spacial score (nSPS) is 23.2. The van der Waals surface area contributed by atoms with Crippen LogP contribution >= 0.6 is 0 Å². The third-order valence-electron chi connectivity index (χ3n) is 3.60. The first-order chi connectivity index (χ1) is 9.93. The van der Waals surface area contributed by atoms with E-state index in [4.69, 9.17) is 9.47 Å². The van der Waals surface area contributed by atoms with Crippen molar-refractivity contribution in [3.05, 3.63) is 23.8 Å². The highest BCUT2D eigenvalue weighted by Crippen LogP contribution is 2.38. The van der Waals surface area contributed by atoms with E-state index in [0.29, 0.717) is 18.7 Å². The lowest BCUT2D eigenvalue weighted by atomic mass is 10.1. The molecule has 0 saturated carbocycles.